The van der Waals surface area contributed by atoms with Crippen molar-refractivity contribution in [3.05, 3.63) is 12.2 Å². The summed E-state index contributed by atoms with van der Waals surface area (Å²) in [6.07, 6.45) is -1.56. The van der Waals surface area contributed by atoms with Gasteiger partial charge in [0.15, 0.2) is 0 Å². The molecule has 18 heavy (non-hydrogen) atoms. The SMILES string of the molecule is C=C(CC(=O)O)C(=O)OC(CCOC)C(=O)OC. The fraction of sp³-hybridized carbons (Fsp3) is 0.545. The zero-order valence-corrected chi connectivity index (χ0v) is 10.3. The van der Waals surface area contributed by atoms with Crippen LogP contribution in [0.25, 0.3) is 0 Å². The first-order chi connectivity index (χ1) is 8.42. The summed E-state index contributed by atoms with van der Waals surface area (Å²) in [6, 6.07) is 0. The van der Waals surface area contributed by atoms with Crippen LogP contribution in [0.1, 0.15) is 12.8 Å². The highest BCUT2D eigenvalue weighted by molar-refractivity contribution is 5.94. The maximum absolute atomic E-state index is 11.4. The van der Waals surface area contributed by atoms with Gasteiger partial charge in [0, 0.05) is 19.1 Å². The Morgan fingerprint density at radius 3 is 2.33 bits per heavy atom. The number of methoxy groups -OCH3 is 2. The molecule has 0 saturated carbocycles. The van der Waals surface area contributed by atoms with Gasteiger partial charge in [0.05, 0.1) is 20.1 Å². The molecular weight excluding hydrogens is 244 g/mol. The first-order valence-electron chi connectivity index (χ1n) is 5.09. The van der Waals surface area contributed by atoms with Gasteiger partial charge < -0.3 is 19.3 Å². The molecule has 0 saturated heterocycles. The summed E-state index contributed by atoms with van der Waals surface area (Å²) >= 11 is 0. The number of aliphatic carboxylic acids is 1. The quantitative estimate of drug-likeness (QED) is 0.489. The summed E-state index contributed by atoms with van der Waals surface area (Å²) in [4.78, 5) is 33.1. The van der Waals surface area contributed by atoms with Gasteiger partial charge in [-0.2, -0.15) is 0 Å². The molecule has 0 fully saturated rings. The predicted octanol–water partition coefficient (Wildman–Crippen LogP) is 0.139. The van der Waals surface area contributed by atoms with Gasteiger partial charge in [-0.15, -0.1) is 0 Å². The third-order valence-electron chi connectivity index (χ3n) is 1.95. The van der Waals surface area contributed by atoms with E-state index in [4.69, 9.17) is 14.6 Å². The lowest BCUT2D eigenvalue weighted by atomic mass is 10.2. The van der Waals surface area contributed by atoms with Gasteiger partial charge >= 0.3 is 17.9 Å². The molecule has 7 nitrogen and oxygen atoms in total. The van der Waals surface area contributed by atoms with Gasteiger partial charge in [-0.25, -0.2) is 9.59 Å². The van der Waals surface area contributed by atoms with Gasteiger partial charge in [-0.1, -0.05) is 6.58 Å². The second-order valence-electron chi connectivity index (χ2n) is 3.37. The second kappa shape index (κ2) is 8.24. The van der Waals surface area contributed by atoms with Gasteiger partial charge in [0.25, 0.3) is 0 Å². The van der Waals surface area contributed by atoms with E-state index in [-0.39, 0.29) is 18.6 Å². The van der Waals surface area contributed by atoms with Crippen LogP contribution < -0.4 is 0 Å². The molecule has 1 N–H and O–H groups in total. The molecule has 0 amide bonds. The Morgan fingerprint density at radius 1 is 1.28 bits per heavy atom. The lowest BCUT2D eigenvalue weighted by Crippen LogP contribution is -2.30. The van der Waals surface area contributed by atoms with Crippen LogP contribution in [-0.4, -0.2) is 49.9 Å². The number of carbonyl (C=O) groups is 3. The van der Waals surface area contributed by atoms with Crippen molar-refractivity contribution in [1.29, 1.82) is 0 Å². The van der Waals surface area contributed by atoms with Crippen molar-refractivity contribution >= 4 is 17.9 Å². The number of carboxylic acids is 1. The van der Waals surface area contributed by atoms with Crippen LogP contribution in [0.3, 0.4) is 0 Å². The van der Waals surface area contributed by atoms with E-state index in [0.717, 1.165) is 7.11 Å². The fourth-order valence-corrected chi connectivity index (χ4v) is 1.05. The maximum Gasteiger partial charge on any atom is 0.347 e. The van der Waals surface area contributed by atoms with Crippen molar-refractivity contribution in [2.75, 3.05) is 20.8 Å². The van der Waals surface area contributed by atoms with Crippen molar-refractivity contribution in [2.24, 2.45) is 0 Å². The molecule has 0 bridgehead atoms. The molecule has 7 heteroatoms. The zero-order valence-electron chi connectivity index (χ0n) is 10.3. The Kier molecular flexibility index (Phi) is 7.37. The smallest absolute Gasteiger partial charge is 0.347 e. The largest absolute Gasteiger partial charge is 0.481 e. The molecule has 1 unspecified atom stereocenters. The van der Waals surface area contributed by atoms with Crippen LogP contribution in [0, 0.1) is 0 Å². The molecule has 1 atom stereocenters. The standard InChI is InChI=1S/C11H16O7/c1-7(6-9(12)13)10(14)18-8(4-5-16-2)11(15)17-3/h8H,1,4-6H2,2-3H3,(H,12,13). The van der Waals surface area contributed by atoms with Gasteiger partial charge in [-0.05, 0) is 0 Å². The average Bonchev–Trinajstić information content (AvgIpc) is 2.32. The molecule has 0 aromatic carbocycles. The van der Waals surface area contributed by atoms with Crippen molar-refractivity contribution in [1.82, 2.24) is 0 Å². The highest BCUT2D eigenvalue weighted by Gasteiger charge is 2.25. The van der Waals surface area contributed by atoms with Crippen LogP contribution in [0.15, 0.2) is 12.2 Å². The van der Waals surface area contributed by atoms with E-state index in [0.29, 0.717) is 0 Å². The van der Waals surface area contributed by atoms with Gasteiger partial charge in [0.2, 0.25) is 6.10 Å². The van der Waals surface area contributed by atoms with E-state index in [1.165, 1.54) is 7.11 Å². The Labute approximate surface area is 104 Å². The third kappa shape index (κ3) is 6.00. The Morgan fingerprint density at radius 2 is 1.89 bits per heavy atom. The molecule has 0 rings (SSSR count). The predicted molar refractivity (Wildman–Crippen MR) is 59.8 cm³/mol. The van der Waals surface area contributed by atoms with Crippen molar-refractivity contribution in [3.63, 3.8) is 0 Å². The molecule has 0 aliphatic rings. The van der Waals surface area contributed by atoms with Gasteiger partial charge in [-0.3, -0.25) is 4.79 Å². The average molecular weight is 260 g/mol. The van der Waals surface area contributed by atoms with Crippen LogP contribution >= 0.6 is 0 Å². The Bertz CT molecular complexity index is 334. The van der Waals surface area contributed by atoms with E-state index >= 15 is 0 Å². The molecule has 0 aromatic heterocycles. The monoisotopic (exact) mass is 260 g/mol. The highest BCUT2D eigenvalue weighted by Crippen LogP contribution is 2.08. The lowest BCUT2D eigenvalue weighted by molar-refractivity contribution is -0.165. The highest BCUT2D eigenvalue weighted by atomic mass is 16.6. The van der Waals surface area contributed by atoms with Crippen LogP contribution in [-0.2, 0) is 28.6 Å². The van der Waals surface area contributed by atoms with E-state index in [9.17, 15) is 14.4 Å². The van der Waals surface area contributed by atoms with E-state index in [1.807, 2.05) is 0 Å². The topological polar surface area (TPSA) is 99.1 Å². The minimum absolute atomic E-state index is 0.120. The number of hydrogen-bond donors (Lipinski definition) is 1. The summed E-state index contributed by atoms with van der Waals surface area (Å²) in [5.74, 6) is -2.88. The summed E-state index contributed by atoms with van der Waals surface area (Å²) in [5.41, 5.74) is -0.242. The molecule has 102 valence electrons. The van der Waals surface area contributed by atoms with Gasteiger partial charge in [0.1, 0.15) is 0 Å². The number of carbonyl (C=O) groups excluding carboxylic acids is 2. The summed E-state index contributed by atoms with van der Waals surface area (Å²) in [7, 11) is 2.58. The number of rotatable bonds is 8. The lowest BCUT2D eigenvalue weighted by Gasteiger charge is -2.15. The van der Waals surface area contributed by atoms with E-state index in [2.05, 4.69) is 11.3 Å². The number of carboxylic acid groups (broad SMARTS) is 1. The normalized spacial score (nSPS) is 11.4. The second-order valence-corrected chi connectivity index (χ2v) is 3.37. The third-order valence-corrected chi connectivity index (χ3v) is 1.95. The van der Waals surface area contributed by atoms with Crippen molar-refractivity contribution in [2.45, 2.75) is 18.9 Å². The van der Waals surface area contributed by atoms with Crippen LogP contribution in [0.4, 0.5) is 0 Å². The van der Waals surface area contributed by atoms with E-state index < -0.39 is 30.4 Å². The van der Waals surface area contributed by atoms with Crippen LogP contribution in [0.2, 0.25) is 0 Å². The minimum Gasteiger partial charge on any atom is -0.481 e. The zero-order chi connectivity index (χ0) is 14.1. The molecule has 0 aliphatic carbocycles. The summed E-state index contributed by atoms with van der Waals surface area (Å²) < 4.78 is 14.0. The minimum atomic E-state index is -1.21. The van der Waals surface area contributed by atoms with Crippen molar-refractivity contribution in [3.8, 4) is 0 Å². The Balaban J connectivity index is 4.47. The molecular formula is C11H16O7. The Hall–Kier alpha value is -1.89. The summed E-state index contributed by atoms with van der Waals surface area (Å²) in [6.45, 7) is 3.47. The first-order valence-corrected chi connectivity index (χ1v) is 5.09. The molecule has 0 heterocycles. The maximum atomic E-state index is 11.4. The number of esters is 2. The van der Waals surface area contributed by atoms with Crippen LogP contribution in [0.5, 0.6) is 0 Å². The van der Waals surface area contributed by atoms with Crippen molar-refractivity contribution < 1.29 is 33.7 Å². The fourth-order valence-electron chi connectivity index (χ4n) is 1.05. The number of hydrogen-bond acceptors (Lipinski definition) is 6. The molecule has 0 radical (unpaired) electrons. The molecule has 0 aromatic rings. The molecule has 0 spiro atoms. The summed E-state index contributed by atoms with van der Waals surface area (Å²) in [5, 5.41) is 8.48. The first kappa shape index (κ1) is 16.1. The molecule has 0 aliphatic heterocycles. The number of ether oxygens (including phenoxy) is 3. The van der Waals surface area contributed by atoms with E-state index in [1.54, 1.807) is 0 Å².